The first kappa shape index (κ1) is 16.5. The molecule has 21 heavy (non-hydrogen) atoms. The van der Waals surface area contributed by atoms with Gasteiger partial charge in [0.1, 0.15) is 0 Å². The molecule has 0 heterocycles. The SMILES string of the molecule is CC(CC(C)(C)c1ccccc1)NCC1CCCCC1O. The molecule has 1 aliphatic carbocycles. The molecule has 2 rings (SSSR count). The fourth-order valence-corrected chi connectivity index (χ4v) is 3.62. The summed E-state index contributed by atoms with van der Waals surface area (Å²) in [7, 11) is 0. The number of benzene rings is 1. The summed E-state index contributed by atoms with van der Waals surface area (Å²) >= 11 is 0. The monoisotopic (exact) mass is 289 g/mol. The fourth-order valence-electron chi connectivity index (χ4n) is 3.62. The molecule has 3 atom stereocenters. The Bertz CT molecular complexity index is 415. The molecule has 0 aromatic heterocycles. The second kappa shape index (κ2) is 7.42. The van der Waals surface area contributed by atoms with Crippen molar-refractivity contribution >= 4 is 0 Å². The molecule has 2 heteroatoms. The van der Waals surface area contributed by atoms with Gasteiger partial charge in [-0.2, -0.15) is 0 Å². The van der Waals surface area contributed by atoms with Gasteiger partial charge in [-0.1, -0.05) is 57.0 Å². The van der Waals surface area contributed by atoms with Crippen LogP contribution in [0.4, 0.5) is 0 Å². The third kappa shape index (κ3) is 4.82. The molecule has 0 saturated heterocycles. The second-order valence-electron chi connectivity index (χ2n) is 7.38. The van der Waals surface area contributed by atoms with Gasteiger partial charge in [-0.05, 0) is 43.1 Å². The average molecular weight is 289 g/mol. The van der Waals surface area contributed by atoms with Gasteiger partial charge in [0.25, 0.3) is 0 Å². The Morgan fingerprint density at radius 1 is 1.19 bits per heavy atom. The second-order valence-corrected chi connectivity index (χ2v) is 7.38. The standard InChI is InChI=1S/C19H31NO/c1-15(20-14-16-9-7-8-12-18(16)21)13-19(2,3)17-10-5-4-6-11-17/h4-6,10-11,15-16,18,20-21H,7-9,12-14H2,1-3H3. The van der Waals surface area contributed by atoms with E-state index in [2.05, 4.69) is 56.4 Å². The molecule has 3 unspecified atom stereocenters. The lowest BCUT2D eigenvalue weighted by Crippen LogP contribution is -2.40. The van der Waals surface area contributed by atoms with Crippen LogP contribution in [0.5, 0.6) is 0 Å². The Morgan fingerprint density at radius 2 is 1.86 bits per heavy atom. The topological polar surface area (TPSA) is 32.3 Å². The number of aliphatic hydroxyl groups excluding tert-OH is 1. The molecule has 0 spiro atoms. The van der Waals surface area contributed by atoms with Gasteiger partial charge < -0.3 is 10.4 Å². The van der Waals surface area contributed by atoms with Gasteiger partial charge in [0.2, 0.25) is 0 Å². The maximum absolute atomic E-state index is 10.1. The Kier molecular flexibility index (Phi) is 5.83. The molecule has 1 aromatic rings. The summed E-state index contributed by atoms with van der Waals surface area (Å²) in [6.45, 7) is 7.85. The zero-order chi connectivity index (χ0) is 15.3. The third-order valence-corrected chi connectivity index (χ3v) is 4.97. The van der Waals surface area contributed by atoms with E-state index >= 15 is 0 Å². The van der Waals surface area contributed by atoms with Gasteiger partial charge in [0, 0.05) is 12.6 Å². The molecular weight excluding hydrogens is 258 g/mol. The van der Waals surface area contributed by atoms with Crippen molar-refractivity contribution in [2.24, 2.45) is 5.92 Å². The van der Waals surface area contributed by atoms with Crippen LogP contribution in [-0.4, -0.2) is 23.8 Å². The Morgan fingerprint density at radius 3 is 2.52 bits per heavy atom. The third-order valence-electron chi connectivity index (χ3n) is 4.97. The highest BCUT2D eigenvalue weighted by atomic mass is 16.3. The van der Waals surface area contributed by atoms with E-state index in [-0.39, 0.29) is 11.5 Å². The maximum Gasteiger partial charge on any atom is 0.0580 e. The summed E-state index contributed by atoms with van der Waals surface area (Å²) in [5, 5.41) is 13.7. The fraction of sp³-hybridized carbons (Fsp3) is 0.684. The van der Waals surface area contributed by atoms with E-state index in [0.29, 0.717) is 12.0 Å². The van der Waals surface area contributed by atoms with Crippen molar-refractivity contribution in [1.29, 1.82) is 0 Å². The van der Waals surface area contributed by atoms with Crippen LogP contribution in [0.1, 0.15) is 58.4 Å². The van der Waals surface area contributed by atoms with Gasteiger partial charge >= 0.3 is 0 Å². The predicted molar refractivity (Wildman–Crippen MR) is 89.5 cm³/mol. The minimum atomic E-state index is -0.0967. The lowest BCUT2D eigenvalue weighted by molar-refractivity contribution is 0.0679. The summed E-state index contributed by atoms with van der Waals surface area (Å²) in [6, 6.07) is 11.2. The highest BCUT2D eigenvalue weighted by molar-refractivity contribution is 5.23. The molecule has 1 aromatic carbocycles. The van der Waals surface area contributed by atoms with Crippen LogP contribution in [0.3, 0.4) is 0 Å². The van der Waals surface area contributed by atoms with Crippen LogP contribution in [0, 0.1) is 5.92 Å². The molecule has 118 valence electrons. The number of hydrogen-bond acceptors (Lipinski definition) is 2. The smallest absolute Gasteiger partial charge is 0.0580 e. The molecule has 0 bridgehead atoms. The van der Waals surface area contributed by atoms with E-state index in [4.69, 9.17) is 0 Å². The highest BCUT2D eigenvalue weighted by Gasteiger charge is 2.26. The molecule has 1 aliphatic rings. The molecule has 1 saturated carbocycles. The quantitative estimate of drug-likeness (QED) is 0.833. The summed E-state index contributed by atoms with van der Waals surface area (Å²) < 4.78 is 0. The van der Waals surface area contributed by atoms with Crippen molar-refractivity contribution in [2.75, 3.05) is 6.54 Å². The number of hydrogen-bond donors (Lipinski definition) is 2. The van der Waals surface area contributed by atoms with Crippen LogP contribution >= 0.6 is 0 Å². The Balaban J connectivity index is 1.82. The molecule has 1 fully saturated rings. The highest BCUT2D eigenvalue weighted by Crippen LogP contribution is 2.28. The van der Waals surface area contributed by atoms with Crippen LogP contribution < -0.4 is 5.32 Å². The Labute approximate surface area is 130 Å². The van der Waals surface area contributed by atoms with Crippen molar-refractivity contribution in [3.63, 3.8) is 0 Å². The maximum atomic E-state index is 10.1. The van der Waals surface area contributed by atoms with Crippen molar-refractivity contribution in [2.45, 2.75) is 70.4 Å². The average Bonchev–Trinajstić information content (AvgIpc) is 2.47. The molecule has 2 N–H and O–H groups in total. The van der Waals surface area contributed by atoms with Crippen molar-refractivity contribution in [1.82, 2.24) is 5.32 Å². The van der Waals surface area contributed by atoms with E-state index in [0.717, 1.165) is 19.4 Å². The van der Waals surface area contributed by atoms with Gasteiger partial charge in [0.15, 0.2) is 0 Å². The summed E-state index contributed by atoms with van der Waals surface area (Å²) in [6.07, 6.45) is 5.63. The van der Waals surface area contributed by atoms with E-state index in [1.165, 1.54) is 24.8 Å². The van der Waals surface area contributed by atoms with Crippen LogP contribution in [-0.2, 0) is 5.41 Å². The van der Waals surface area contributed by atoms with Crippen LogP contribution in [0.25, 0.3) is 0 Å². The first-order valence-electron chi connectivity index (χ1n) is 8.46. The van der Waals surface area contributed by atoms with Gasteiger partial charge in [-0.25, -0.2) is 0 Å². The van der Waals surface area contributed by atoms with E-state index < -0.39 is 0 Å². The van der Waals surface area contributed by atoms with Gasteiger partial charge in [-0.15, -0.1) is 0 Å². The van der Waals surface area contributed by atoms with Gasteiger partial charge in [0.05, 0.1) is 6.10 Å². The molecule has 0 aliphatic heterocycles. The molecule has 0 amide bonds. The first-order valence-corrected chi connectivity index (χ1v) is 8.46. The minimum absolute atomic E-state index is 0.0967. The summed E-state index contributed by atoms with van der Waals surface area (Å²) in [4.78, 5) is 0. The van der Waals surface area contributed by atoms with Crippen molar-refractivity contribution in [3.05, 3.63) is 35.9 Å². The minimum Gasteiger partial charge on any atom is -0.393 e. The lowest BCUT2D eigenvalue weighted by atomic mass is 9.79. The van der Waals surface area contributed by atoms with Gasteiger partial charge in [-0.3, -0.25) is 0 Å². The molecule has 0 radical (unpaired) electrons. The zero-order valence-corrected chi connectivity index (χ0v) is 13.8. The first-order chi connectivity index (χ1) is 9.99. The number of rotatable bonds is 6. The molecule has 2 nitrogen and oxygen atoms in total. The number of nitrogens with one attached hydrogen (secondary N) is 1. The summed E-state index contributed by atoms with van der Waals surface area (Å²) in [5.41, 5.74) is 1.58. The lowest BCUT2D eigenvalue weighted by Gasteiger charge is -2.32. The van der Waals surface area contributed by atoms with E-state index in [1.54, 1.807) is 0 Å². The van der Waals surface area contributed by atoms with E-state index in [1.807, 2.05) is 0 Å². The van der Waals surface area contributed by atoms with Crippen molar-refractivity contribution in [3.8, 4) is 0 Å². The Hall–Kier alpha value is -0.860. The zero-order valence-electron chi connectivity index (χ0n) is 13.8. The van der Waals surface area contributed by atoms with Crippen molar-refractivity contribution < 1.29 is 5.11 Å². The predicted octanol–water partition coefficient (Wildman–Crippen LogP) is 3.88. The van der Waals surface area contributed by atoms with Crippen LogP contribution in [0.2, 0.25) is 0 Å². The summed E-state index contributed by atoms with van der Waals surface area (Å²) in [5.74, 6) is 0.445. The normalized spacial score (nSPS) is 24.8. The van der Waals surface area contributed by atoms with Crippen LogP contribution in [0.15, 0.2) is 30.3 Å². The number of aliphatic hydroxyl groups is 1. The molecular formula is C19H31NO. The largest absolute Gasteiger partial charge is 0.393 e. The van der Waals surface area contributed by atoms with E-state index in [9.17, 15) is 5.11 Å².